The second-order valence-electron chi connectivity index (χ2n) is 8.32. The number of alkyl halides is 3. The number of benzene rings is 2. The topological polar surface area (TPSA) is 69.2 Å². The predicted molar refractivity (Wildman–Crippen MR) is 119 cm³/mol. The first-order valence-electron chi connectivity index (χ1n) is 10.8. The third kappa shape index (κ3) is 5.42. The fraction of sp³-hybridized carbons (Fsp3) is 0.333. The molecule has 1 atom stereocenters. The Morgan fingerprint density at radius 1 is 1.15 bits per heavy atom. The molecule has 2 N–H and O–H groups in total. The van der Waals surface area contributed by atoms with Crippen molar-refractivity contribution in [2.75, 3.05) is 6.54 Å². The number of nitrogens with zero attached hydrogens (tertiary/aromatic N) is 2. The molecule has 1 aromatic heterocycles. The summed E-state index contributed by atoms with van der Waals surface area (Å²) in [5.41, 5.74) is 5.54. The van der Waals surface area contributed by atoms with Gasteiger partial charge in [-0.05, 0) is 54.7 Å². The van der Waals surface area contributed by atoms with E-state index in [1.165, 1.54) is 17.2 Å². The zero-order valence-electron chi connectivity index (χ0n) is 18.0. The summed E-state index contributed by atoms with van der Waals surface area (Å²) in [4.78, 5) is 19.5. The molecule has 3 aromatic rings. The number of H-pyrrole nitrogens is 1. The Labute approximate surface area is 198 Å². The number of hydrogen-bond acceptors (Lipinski definition) is 3. The van der Waals surface area contributed by atoms with E-state index in [1.54, 1.807) is 12.1 Å². The van der Waals surface area contributed by atoms with Gasteiger partial charge in [-0.15, -0.1) is 0 Å². The van der Waals surface area contributed by atoms with Gasteiger partial charge in [-0.3, -0.25) is 4.90 Å². The number of aromatic amines is 1. The van der Waals surface area contributed by atoms with Gasteiger partial charge in [0, 0.05) is 30.6 Å². The summed E-state index contributed by atoms with van der Waals surface area (Å²) in [6.07, 6.45) is -0.874. The van der Waals surface area contributed by atoms with Crippen LogP contribution in [0.5, 0.6) is 0 Å². The third-order valence-corrected chi connectivity index (χ3v) is 6.36. The van der Waals surface area contributed by atoms with Gasteiger partial charge >= 0.3 is 12.1 Å². The van der Waals surface area contributed by atoms with Crippen molar-refractivity contribution in [3.05, 3.63) is 75.8 Å². The first-order valence-corrected chi connectivity index (χ1v) is 11.1. The number of rotatable bonds is 2. The number of hydrogen-bond donors (Lipinski definition) is 2. The molecule has 0 saturated heterocycles. The van der Waals surface area contributed by atoms with E-state index in [1.807, 2.05) is 12.1 Å². The molecule has 2 aromatic carbocycles. The Balaban J connectivity index is 0.000000344. The lowest BCUT2D eigenvalue weighted by Crippen LogP contribution is -2.42. The average molecular weight is 496 g/mol. The Bertz CT molecular complexity index is 1200. The van der Waals surface area contributed by atoms with Crippen LogP contribution in [0.25, 0.3) is 11.4 Å². The number of nitrogens with one attached hydrogen (secondary N) is 1. The van der Waals surface area contributed by atoms with E-state index in [2.05, 4.69) is 27.0 Å². The van der Waals surface area contributed by atoms with Crippen LogP contribution >= 0.6 is 11.6 Å². The van der Waals surface area contributed by atoms with Crippen LogP contribution in [-0.4, -0.2) is 44.7 Å². The smallest absolute Gasteiger partial charge is 0.475 e. The molecule has 5 rings (SSSR count). The fourth-order valence-electron chi connectivity index (χ4n) is 4.43. The van der Waals surface area contributed by atoms with Gasteiger partial charge in [0.25, 0.3) is 0 Å². The zero-order valence-corrected chi connectivity index (χ0v) is 18.8. The fourth-order valence-corrected chi connectivity index (χ4v) is 4.62. The highest BCUT2D eigenvalue weighted by Crippen LogP contribution is 2.31. The molecule has 0 bridgehead atoms. The minimum Gasteiger partial charge on any atom is -0.475 e. The summed E-state index contributed by atoms with van der Waals surface area (Å²) in [7, 11) is 0. The molecule has 1 aliphatic heterocycles. The summed E-state index contributed by atoms with van der Waals surface area (Å²) in [5, 5.41) is 7.94. The van der Waals surface area contributed by atoms with E-state index in [4.69, 9.17) is 21.5 Å². The molecule has 0 saturated carbocycles. The maximum absolute atomic E-state index is 14.1. The number of carboxylic acids is 1. The number of fused-ring (bicyclic) bond motifs is 2. The molecule has 2 heterocycles. The van der Waals surface area contributed by atoms with Crippen molar-refractivity contribution in [3.8, 4) is 11.4 Å². The molecule has 0 spiro atoms. The van der Waals surface area contributed by atoms with Crippen LogP contribution in [0.3, 0.4) is 0 Å². The third-order valence-electron chi connectivity index (χ3n) is 6.12. The largest absolute Gasteiger partial charge is 0.490 e. The Kier molecular flexibility index (Phi) is 6.95. The maximum Gasteiger partial charge on any atom is 0.490 e. The van der Waals surface area contributed by atoms with Crippen LogP contribution in [-0.2, 0) is 30.6 Å². The highest BCUT2D eigenvalue weighted by Gasteiger charge is 2.38. The van der Waals surface area contributed by atoms with E-state index >= 15 is 0 Å². The summed E-state index contributed by atoms with van der Waals surface area (Å²) in [5.74, 6) is -2.35. The van der Waals surface area contributed by atoms with Crippen molar-refractivity contribution >= 4 is 17.6 Å². The van der Waals surface area contributed by atoms with Crippen LogP contribution in [0.15, 0.2) is 42.5 Å². The van der Waals surface area contributed by atoms with Crippen molar-refractivity contribution in [2.45, 2.75) is 44.4 Å². The monoisotopic (exact) mass is 495 g/mol. The number of aryl methyl sites for hydroxylation is 1. The van der Waals surface area contributed by atoms with Gasteiger partial charge in [-0.1, -0.05) is 29.8 Å². The van der Waals surface area contributed by atoms with Gasteiger partial charge in [-0.25, -0.2) is 14.2 Å². The van der Waals surface area contributed by atoms with Gasteiger partial charge in [0.15, 0.2) is 0 Å². The molecule has 0 amide bonds. The van der Waals surface area contributed by atoms with Gasteiger partial charge < -0.3 is 10.1 Å². The molecule has 10 heteroatoms. The second-order valence-corrected chi connectivity index (χ2v) is 8.76. The van der Waals surface area contributed by atoms with Gasteiger partial charge in [0.05, 0.1) is 17.0 Å². The van der Waals surface area contributed by atoms with Crippen molar-refractivity contribution in [2.24, 2.45) is 0 Å². The second kappa shape index (κ2) is 9.76. The van der Waals surface area contributed by atoms with E-state index in [9.17, 15) is 17.6 Å². The number of aromatic nitrogens is 2. The lowest BCUT2D eigenvalue weighted by atomic mass is 9.87. The quantitative estimate of drug-likeness (QED) is 0.466. The average Bonchev–Trinajstić information content (AvgIpc) is 3.21. The highest BCUT2D eigenvalue weighted by molar-refractivity contribution is 6.30. The number of carboxylic acid groups (broad SMARTS) is 1. The van der Waals surface area contributed by atoms with E-state index in [0.29, 0.717) is 17.4 Å². The first kappa shape index (κ1) is 24.2. The van der Waals surface area contributed by atoms with E-state index in [0.717, 1.165) is 55.2 Å². The van der Waals surface area contributed by atoms with Gasteiger partial charge in [-0.2, -0.15) is 13.2 Å². The van der Waals surface area contributed by atoms with E-state index < -0.39 is 12.1 Å². The van der Waals surface area contributed by atoms with Crippen molar-refractivity contribution in [1.82, 2.24) is 14.9 Å². The highest BCUT2D eigenvalue weighted by atomic mass is 35.5. The SMILES string of the molecule is Fc1ccccc1-c1nc2c([nH]1)CN(C1CCc3ccc(Cl)cc3C1)CC2.O=C(O)C(F)(F)F. The molecular weight excluding hydrogens is 474 g/mol. The molecule has 5 nitrogen and oxygen atoms in total. The zero-order chi connectivity index (χ0) is 24.5. The van der Waals surface area contributed by atoms with Crippen molar-refractivity contribution in [3.63, 3.8) is 0 Å². The van der Waals surface area contributed by atoms with Gasteiger partial charge in [0.1, 0.15) is 11.6 Å². The minimum atomic E-state index is -5.08. The normalized spacial score (nSPS) is 17.9. The lowest BCUT2D eigenvalue weighted by molar-refractivity contribution is -0.192. The Morgan fingerprint density at radius 2 is 1.88 bits per heavy atom. The summed E-state index contributed by atoms with van der Waals surface area (Å²) in [6, 6.07) is 13.6. The number of imidazole rings is 1. The van der Waals surface area contributed by atoms with Crippen LogP contribution in [0.1, 0.15) is 28.9 Å². The summed E-state index contributed by atoms with van der Waals surface area (Å²) >= 11 is 6.19. The van der Waals surface area contributed by atoms with Crippen LogP contribution in [0, 0.1) is 5.82 Å². The molecule has 180 valence electrons. The van der Waals surface area contributed by atoms with Crippen molar-refractivity contribution < 1.29 is 27.5 Å². The predicted octanol–water partition coefficient (Wildman–Crippen LogP) is 5.42. The Morgan fingerprint density at radius 3 is 2.59 bits per heavy atom. The summed E-state index contributed by atoms with van der Waals surface area (Å²) in [6.45, 7) is 1.84. The van der Waals surface area contributed by atoms with E-state index in [-0.39, 0.29) is 5.82 Å². The molecule has 1 unspecified atom stereocenters. The van der Waals surface area contributed by atoms with Crippen LogP contribution in [0.2, 0.25) is 5.02 Å². The standard InChI is InChI=1S/C22H21ClFN3.C2HF3O2/c23-16-7-5-14-6-8-17(12-15(14)11-16)27-10-9-20-21(13-27)26-22(25-20)18-3-1-2-4-19(18)24;3-2(4,5)1(6)7/h1-5,7,11,17H,6,8-10,12-13H2,(H,25,26);(H,6,7). The first-order chi connectivity index (χ1) is 16.1. The molecule has 0 fully saturated rings. The molecule has 34 heavy (non-hydrogen) atoms. The van der Waals surface area contributed by atoms with Crippen molar-refractivity contribution in [1.29, 1.82) is 0 Å². The number of aliphatic carboxylic acids is 1. The lowest BCUT2D eigenvalue weighted by Gasteiger charge is -2.37. The molecule has 1 aliphatic carbocycles. The maximum atomic E-state index is 14.1. The van der Waals surface area contributed by atoms with Crippen LogP contribution in [0.4, 0.5) is 17.6 Å². The summed E-state index contributed by atoms with van der Waals surface area (Å²) < 4.78 is 45.8. The van der Waals surface area contributed by atoms with Crippen LogP contribution < -0.4 is 0 Å². The number of halogens is 5. The van der Waals surface area contributed by atoms with Gasteiger partial charge in [0.2, 0.25) is 0 Å². The number of carbonyl (C=O) groups is 1. The minimum absolute atomic E-state index is 0.235. The molecule has 2 aliphatic rings. The Hall–Kier alpha value is -2.91. The molecule has 0 radical (unpaired) electrons. The molecular formula is C24H22ClF4N3O2.